The van der Waals surface area contributed by atoms with E-state index in [9.17, 15) is 14.4 Å². The Morgan fingerprint density at radius 3 is 2.69 bits per heavy atom. The summed E-state index contributed by atoms with van der Waals surface area (Å²) in [5, 5.41) is 2.82. The molecule has 0 aromatic heterocycles. The molecule has 1 unspecified atom stereocenters. The van der Waals surface area contributed by atoms with Gasteiger partial charge >= 0.3 is 5.97 Å². The molecule has 1 amide bonds. The second kappa shape index (κ2) is 7.97. The smallest absolute Gasteiger partial charge is 0.337 e. The number of carbonyl (C=O) groups is 3. The predicted octanol–water partition coefficient (Wildman–Crippen LogP) is 2.70. The Balaban J connectivity index is 1.37. The van der Waals surface area contributed by atoms with Crippen molar-refractivity contribution in [2.45, 2.75) is 6.42 Å². The van der Waals surface area contributed by atoms with E-state index in [4.69, 9.17) is 0 Å². The van der Waals surface area contributed by atoms with Gasteiger partial charge in [-0.1, -0.05) is 12.1 Å². The molecule has 0 saturated carbocycles. The van der Waals surface area contributed by atoms with Gasteiger partial charge < -0.3 is 10.1 Å². The van der Waals surface area contributed by atoms with Crippen molar-refractivity contribution >= 4 is 34.7 Å². The van der Waals surface area contributed by atoms with Gasteiger partial charge in [-0.2, -0.15) is 0 Å². The van der Waals surface area contributed by atoms with E-state index >= 15 is 0 Å². The van der Waals surface area contributed by atoms with E-state index in [-0.39, 0.29) is 24.2 Å². The number of piperidine rings is 1. The Hall–Kier alpha value is -3.32. The maximum absolute atomic E-state index is 12.8. The number of ketones is 1. The second-order valence-electron chi connectivity index (χ2n) is 7.14. The monoisotopic (exact) mass is 391 g/mol. The summed E-state index contributed by atoms with van der Waals surface area (Å²) in [5.41, 5.74) is 3.32. The molecule has 0 radical (unpaired) electrons. The number of likely N-dealkylation sites (tertiary alicyclic amines) is 1. The SMILES string of the molecule is COC(=O)c1ccc(NC(=O)CN2CCC3=Nc4ccccc4C(=O)C3C2)cc1. The van der Waals surface area contributed by atoms with Crippen molar-refractivity contribution in [1.29, 1.82) is 0 Å². The second-order valence-corrected chi connectivity index (χ2v) is 7.14. The zero-order valence-corrected chi connectivity index (χ0v) is 16.1. The van der Waals surface area contributed by atoms with Gasteiger partial charge in [0.25, 0.3) is 0 Å². The molecule has 2 aliphatic rings. The fraction of sp³-hybridized carbons (Fsp3) is 0.273. The van der Waals surface area contributed by atoms with E-state index in [1.54, 1.807) is 24.3 Å². The molecule has 1 fully saturated rings. The van der Waals surface area contributed by atoms with Gasteiger partial charge in [0.05, 0.1) is 30.8 Å². The quantitative estimate of drug-likeness (QED) is 0.810. The molecule has 29 heavy (non-hydrogen) atoms. The summed E-state index contributed by atoms with van der Waals surface area (Å²) in [6.45, 7) is 1.36. The number of ether oxygens (including phenoxy) is 1. The van der Waals surface area contributed by atoms with Crippen LogP contribution in [0.15, 0.2) is 53.5 Å². The summed E-state index contributed by atoms with van der Waals surface area (Å²) in [6.07, 6.45) is 0.672. The molecule has 2 aromatic carbocycles. The number of nitrogens with one attached hydrogen (secondary N) is 1. The summed E-state index contributed by atoms with van der Waals surface area (Å²) in [5.74, 6) is -0.799. The van der Waals surface area contributed by atoms with Gasteiger partial charge in [0.15, 0.2) is 5.78 Å². The molecule has 7 heteroatoms. The van der Waals surface area contributed by atoms with Crippen molar-refractivity contribution in [3.05, 3.63) is 59.7 Å². The Morgan fingerprint density at radius 1 is 1.17 bits per heavy atom. The first-order valence-electron chi connectivity index (χ1n) is 9.46. The summed E-state index contributed by atoms with van der Waals surface area (Å²) in [7, 11) is 1.32. The summed E-state index contributed by atoms with van der Waals surface area (Å²) in [4.78, 5) is 43.4. The molecular weight excluding hydrogens is 370 g/mol. The molecule has 1 saturated heterocycles. The van der Waals surface area contributed by atoms with Gasteiger partial charge in [0.2, 0.25) is 5.91 Å². The van der Waals surface area contributed by atoms with Crippen LogP contribution in [0.3, 0.4) is 0 Å². The number of rotatable bonds is 4. The maximum Gasteiger partial charge on any atom is 0.337 e. The topological polar surface area (TPSA) is 88.1 Å². The van der Waals surface area contributed by atoms with Crippen LogP contribution in [0.2, 0.25) is 0 Å². The normalized spacial score (nSPS) is 18.3. The number of carbonyl (C=O) groups excluding carboxylic acids is 3. The van der Waals surface area contributed by atoms with Crippen molar-refractivity contribution in [2.75, 3.05) is 32.1 Å². The van der Waals surface area contributed by atoms with Crippen LogP contribution in [-0.4, -0.2) is 55.0 Å². The number of hydrogen-bond donors (Lipinski definition) is 1. The van der Waals surface area contributed by atoms with E-state index in [0.717, 1.165) is 11.4 Å². The van der Waals surface area contributed by atoms with E-state index in [1.807, 2.05) is 29.2 Å². The van der Waals surface area contributed by atoms with Crippen LogP contribution in [0.4, 0.5) is 11.4 Å². The fourth-order valence-electron chi connectivity index (χ4n) is 3.75. The molecule has 2 heterocycles. The third kappa shape index (κ3) is 3.95. The summed E-state index contributed by atoms with van der Waals surface area (Å²) < 4.78 is 4.66. The predicted molar refractivity (Wildman–Crippen MR) is 109 cm³/mol. The molecule has 0 spiro atoms. The fourth-order valence-corrected chi connectivity index (χ4v) is 3.75. The lowest BCUT2D eigenvalue weighted by molar-refractivity contribution is -0.117. The van der Waals surface area contributed by atoms with Crippen molar-refractivity contribution in [1.82, 2.24) is 4.90 Å². The van der Waals surface area contributed by atoms with E-state index in [0.29, 0.717) is 36.3 Å². The van der Waals surface area contributed by atoms with Crippen LogP contribution in [0.25, 0.3) is 0 Å². The Kier molecular flexibility index (Phi) is 5.22. The van der Waals surface area contributed by atoms with E-state index in [1.165, 1.54) is 7.11 Å². The Morgan fingerprint density at radius 2 is 1.93 bits per heavy atom. The average molecular weight is 391 g/mol. The maximum atomic E-state index is 12.8. The third-order valence-corrected chi connectivity index (χ3v) is 5.23. The number of anilines is 1. The molecule has 2 aliphatic heterocycles. The zero-order valence-electron chi connectivity index (χ0n) is 16.1. The van der Waals surface area contributed by atoms with Crippen LogP contribution < -0.4 is 5.32 Å². The van der Waals surface area contributed by atoms with Crippen LogP contribution in [-0.2, 0) is 9.53 Å². The first-order valence-corrected chi connectivity index (χ1v) is 9.46. The molecule has 0 bridgehead atoms. The molecule has 0 aliphatic carbocycles. The zero-order chi connectivity index (χ0) is 20.4. The number of amides is 1. The highest BCUT2D eigenvalue weighted by Gasteiger charge is 2.36. The highest BCUT2D eigenvalue weighted by Crippen LogP contribution is 2.31. The van der Waals surface area contributed by atoms with Crippen molar-refractivity contribution in [3.63, 3.8) is 0 Å². The van der Waals surface area contributed by atoms with Gasteiger partial charge in [-0.15, -0.1) is 0 Å². The minimum Gasteiger partial charge on any atom is -0.465 e. The lowest BCUT2D eigenvalue weighted by Crippen LogP contribution is -2.47. The molecular formula is C22H21N3O4. The van der Waals surface area contributed by atoms with E-state index in [2.05, 4.69) is 15.0 Å². The number of benzene rings is 2. The first kappa shape index (κ1) is 19.0. The molecule has 4 rings (SSSR count). The number of hydrogen-bond acceptors (Lipinski definition) is 6. The van der Waals surface area contributed by atoms with Crippen LogP contribution in [0.5, 0.6) is 0 Å². The van der Waals surface area contributed by atoms with Gasteiger partial charge in [-0.25, -0.2) is 4.79 Å². The highest BCUT2D eigenvalue weighted by atomic mass is 16.5. The lowest BCUT2D eigenvalue weighted by Gasteiger charge is -2.34. The first-order chi connectivity index (χ1) is 14.0. The molecule has 2 aromatic rings. The minimum atomic E-state index is -0.424. The van der Waals surface area contributed by atoms with Gasteiger partial charge in [0.1, 0.15) is 0 Å². The Bertz CT molecular complexity index is 997. The minimum absolute atomic E-state index is 0.0779. The number of Topliss-reactive ketones (excluding diaryl/α,β-unsaturated/α-hetero) is 1. The van der Waals surface area contributed by atoms with Crippen LogP contribution >= 0.6 is 0 Å². The number of aliphatic imine (C=N–C) groups is 1. The molecule has 7 nitrogen and oxygen atoms in total. The average Bonchev–Trinajstić information content (AvgIpc) is 2.74. The van der Waals surface area contributed by atoms with E-state index < -0.39 is 5.97 Å². The summed E-state index contributed by atoms with van der Waals surface area (Å²) in [6, 6.07) is 13.9. The van der Waals surface area contributed by atoms with Crippen molar-refractivity contribution < 1.29 is 19.1 Å². The van der Waals surface area contributed by atoms with Crippen LogP contribution in [0.1, 0.15) is 27.1 Å². The van der Waals surface area contributed by atoms with Gasteiger partial charge in [0, 0.05) is 30.1 Å². The Labute approximate surface area is 168 Å². The van der Waals surface area contributed by atoms with Crippen molar-refractivity contribution in [3.8, 4) is 0 Å². The van der Waals surface area contributed by atoms with Gasteiger partial charge in [-0.05, 0) is 42.8 Å². The number of esters is 1. The molecule has 1 N–H and O–H groups in total. The third-order valence-electron chi connectivity index (χ3n) is 5.23. The number of para-hydroxylation sites is 1. The molecule has 148 valence electrons. The largest absolute Gasteiger partial charge is 0.465 e. The summed E-state index contributed by atoms with van der Waals surface area (Å²) >= 11 is 0. The number of nitrogens with zero attached hydrogens (tertiary/aromatic N) is 2. The van der Waals surface area contributed by atoms with Crippen LogP contribution in [0, 0.1) is 5.92 Å². The molecule has 1 atom stereocenters. The lowest BCUT2D eigenvalue weighted by atomic mass is 9.85. The standard InChI is InChI=1S/C22H21N3O4/c1-29-22(28)14-6-8-15(9-7-14)23-20(26)13-25-11-10-19-17(12-25)21(27)16-4-2-3-5-18(16)24-19/h2-9,17H,10-13H2,1H3,(H,23,26). The highest BCUT2D eigenvalue weighted by molar-refractivity contribution is 6.18. The van der Waals surface area contributed by atoms with Gasteiger partial charge in [-0.3, -0.25) is 19.5 Å². The number of methoxy groups -OCH3 is 1. The number of fused-ring (bicyclic) bond motifs is 2. The van der Waals surface area contributed by atoms with Crippen molar-refractivity contribution in [2.24, 2.45) is 10.9 Å².